The normalized spacial score (nSPS) is 10.7. The molecule has 0 aliphatic rings. The van der Waals surface area contributed by atoms with Crippen LogP contribution in [0.3, 0.4) is 0 Å². The molecule has 3 rings (SSSR count). The Morgan fingerprint density at radius 1 is 0.769 bits per heavy atom. The molecule has 0 unspecified atom stereocenters. The maximum Gasteiger partial charge on any atom is 0.169 e. The lowest BCUT2D eigenvalue weighted by Crippen LogP contribution is -1.97. The standard InChI is InChI=1S/C20H14Br3IO2/c1-25-17-8-7-14(19-15(22)9-12(21)10-16(19)23)18(20(17)26-2)11-3-5-13(24)6-4-11/h3-10H,1-2H3. The van der Waals surface area contributed by atoms with Crippen molar-refractivity contribution in [3.05, 3.63) is 65.5 Å². The number of rotatable bonds is 4. The topological polar surface area (TPSA) is 18.5 Å². The fourth-order valence-corrected chi connectivity index (χ4v) is 5.88. The molecule has 0 saturated carbocycles. The molecule has 0 bridgehead atoms. The van der Waals surface area contributed by atoms with E-state index in [0.717, 1.165) is 35.7 Å². The van der Waals surface area contributed by atoms with Gasteiger partial charge in [0.15, 0.2) is 11.5 Å². The third-order valence-corrected chi connectivity index (χ3v) is 6.38. The quantitative estimate of drug-likeness (QED) is 0.267. The van der Waals surface area contributed by atoms with Gasteiger partial charge in [0.25, 0.3) is 0 Å². The average molecular weight is 653 g/mol. The Hall–Kier alpha value is -0.570. The molecule has 3 aromatic carbocycles. The Labute approximate surface area is 191 Å². The van der Waals surface area contributed by atoms with Crippen molar-refractivity contribution in [2.45, 2.75) is 0 Å². The van der Waals surface area contributed by atoms with Gasteiger partial charge in [-0.25, -0.2) is 0 Å². The number of hydrogen-bond donors (Lipinski definition) is 0. The Morgan fingerprint density at radius 2 is 1.38 bits per heavy atom. The summed E-state index contributed by atoms with van der Waals surface area (Å²) < 4.78 is 15.4. The van der Waals surface area contributed by atoms with Crippen molar-refractivity contribution >= 4 is 70.4 Å². The van der Waals surface area contributed by atoms with Crippen LogP contribution in [0.5, 0.6) is 11.5 Å². The monoisotopic (exact) mass is 650 g/mol. The zero-order valence-electron chi connectivity index (χ0n) is 13.9. The van der Waals surface area contributed by atoms with Crippen LogP contribution in [-0.2, 0) is 0 Å². The fraction of sp³-hybridized carbons (Fsp3) is 0.100. The second kappa shape index (κ2) is 8.63. The van der Waals surface area contributed by atoms with Crippen LogP contribution in [0, 0.1) is 3.57 Å². The molecule has 26 heavy (non-hydrogen) atoms. The van der Waals surface area contributed by atoms with Crippen LogP contribution in [0.4, 0.5) is 0 Å². The highest BCUT2D eigenvalue weighted by Gasteiger charge is 2.21. The van der Waals surface area contributed by atoms with Crippen LogP contribution < -0.4 is 9.47 Å². The van der Waals surface area contributed by atoms with Gasteiger partial charge >= 0.3 is 0 Å². The van der Waals surface area contributed by atoms with Crippen LogP contribution >= 0.6 is 70.4 Å². The maximum atomic E-state index is 5.75. The summed E-state index contributed by atoms with van der Waals surface area (Å²) in [7, 11) is 3.32. The number of benzene rings is 3. The van der Waals surface area contributed by atoms with E-state index < -0.39 is 0 Å². The van der Waals surface area contributed by atoms with Gasteiger partial charge in [-0.2, -0.15) is 0 Å². The molecule has 6 heteroatoms. The zero-order chi connectivity index (χ0) is 18.8. The molecule has 3 aromatic rings. The second-order valence-corrected chi connectivity index (χ2v) is 9.34. The van der Waals surface area contributed by atoms with E-state index in [1.165, 1.54) is 3.57 Å². The summed E-state index contributed by atoms with van der Waals surface area (Å²) in [6, 6.07) is 16.4. The minimum atomic E-state index is 0.703. The Kier molecular flexibility index (Phi) is 6.69. The number of hydrogen-bond acceptors (Lipinski definition) is 2. The van der Waals surface area contributed by atoms with Gasteiger partial charge < -0.3 is 9.47 Å². The van der Waals surface area contributed by atoms with Crippen molar-refractivity contribution in [3.63, 3.8) is 0 Å². The number of methoxy groups -OCH3 is 2. The predicted octanol–water partition coefficient (Wildman–Crippen LogP) is 7.93. The molecule has 0 fully saturated rings. The van der Waals surface area contributed by atoms with Crippen molar-refractivity contribution in [2.24, 2.45) is 0 Å². The van der Waals surface area contributed by atoms with E-state index in [0.29, 0.717) is 11.5 Å². The molecule has 0 aliphatic heterocycles. The predicted molar refractivity (Wildman–Crippen MR) is 126 cm³/mol. The first-order chi connectivity index (χ1) is 12.5. The first kappa shape index (κ1) is 20.2. The summed E-state index contributed by atoms with van der Waals surface area (Å²) >= 11 is 13.2. The molecule has 134 valence electrons. The first-order valence-corrected chi connectivity index (χ1v) is 11.1. The lowest BCUT2D eigenvalue weighted by molar-refractivity contribution is 0.356. The average Bonchev–Trinajstić information content (AvgIpc) is 2.61. The van der Waals surface area contributed by atoms with Gasteiger partial charge in [0.2, 0.25) is 0 Å². The van der Waals surface area contributed by atoms with Gasteiger partial charge in [-0.05, 0) is 70.1 Å². The van der Waals surface area contributed by atoms with Gasteiger partial charge in [-0.1, -0.05) is 59.9 Å². The highest BCUT2D eigenvalue weighted by Crippen LogP contribution is 2.48. The fourth-order valence-electron chi connectivity index (χ4n) is 2.84. The Bertz CT molecular complexity index is 933. The first-order valence-electron chi connectivity index (χ1n) is 7.62. The van der Waals surface area contributed by atoms with Crippen LogP contribution in [0.25, 0.3) is 22.3 Å². The summed E-state index contributed by atoms with van der Waals surface area (Å²) in [5.74, 6) is 1.42. The van der Waals surface area contributed by atoms with Crippen molar-refractivity contribution in [2.75, 3.05) is 14.2 Å². The summed E-state index contributed by atoms with van der Waals surface area (Å²) in [6.45, 7) is 0. The smallest absolute Gasteiger partial charge is 0.169 e. The van der Waals surface area contributed by atoms with Gasteiger partial charge in [0.05, 0.1) is 14.2 Å². The molecule has 0 N–H and O–H groups in total. The highest BCUT2D eigenvalue weighted by molar-refractivity contribution is 14.1. The van der Waals surface area contributed by atoms with E-state index in [2.05, 4.69) is 101 Å². The summed E-state index contributed by atoms with van der Waals surface area (Å²) in [5.41, 5.74) is 4.17. The van der Waals surface area contributed by atoms with Crippen LogP contribution in [0.15, 0.2) is 61.9 Å². The maximum absolute atomic E-state index is 5.75. The van der Waals surface area contributed by atoms with Crippen molar-refractivity contribution in [1.29, 1.82) is 0 Å². The molecule has 0 spiro atoms. The summed E-state index contributed by atoms with van der Waals surface area (Å²) in [5, 5.41) is 0. The molecular formula is C20H14Br3IO2. The van der Waals surface area contributed by atoms with E-state index in [9.17, 15) is 0 Å². The molecule has 0 heterocycles. The van der Waals surface area contributed by atoms with Crippen molar-refractivity contribution < 1.29 is 9.47 Å². The minimum absolute atomic E-state index is 0.703. The van der Waals surface area contributed by atoms with Crippen LogP contribution in [0.2, 0.25) is 0 Å². The van der Waals surface area contributed by atoms with E-state index in [4.69, 9.17) is 9.47 Å². The largest absolute Gasteiger partial charge is 0.493 e. The number of ether oxygens (including phenoxy) is 2. The molecule has 0 amide bonds. The third kappa shape index (κ3) is 3.98. The summed E-state index contributed by atoms with van der Waals surface area (Å²) in [4.78, 5) is 0. The van der Waals surface area contributed by atoms with Crippen LogP contribution in [-0.4, -0.2) is 14.2 Å². The van der Waals surface area contributed by atoms with E-state index >= 15 is 0 Å². The van der Waals surface area contributed by atoms with Gasteiger partial charge in [0, 0.05) is 28.1 Å². The van der Waals surface area contributed by atoms with E-state index in [-0.39, 0.29) is 0 Å². The molecule has 2 nitrogen and oxygen atoms in total. The van der Waals surface area contributed by atoms with Gasteiger partial charge in [-0.3, -0.25) is 0 Å². The second-order valence-electron chi connectivity index (χ2n) is 5.47. The summed E-state index contributed by atoms with van der Waals surface area (Å²) in [6.07, 6.45) is 0. The lowest BCUT2D eigenvalue weighted by Gasteiger charge is -2.19. The lowest BCUT2D eigenvalue weighted by atomic mass is 9.93. The molecule has 0 aliphatic carbocycles. The molecule has 0 radical (unpaired) electrons. The Morgan fingerprint density at radius 3 is 1.92 bits per heavy atom. The molecule has 0 saturated heterocycles. The van der Waals surface area contributed by atoms with Gasteiger partial charge in [0.1, 0.15) is 0 Å². The van der Waals surface area contributed by atoms with Crippen LogP contribution in [0.1, 0.15) is 0 Å². The molecule has 0 aromatic heterocycles. The zero-order valence-corrected chi connectivity index (χ0v) is 20.9. The highest BCUT2D eigenvalue weighted by atomic mass is 127. The SMILES string of the molecule is COc1ccc(-c2c(Br)cc(Br)cc2Br)c(-c2ccc(I)cc2)c1OC. The van der Waals surface area contributed by atoms with Crippen molar-refractivity contribution in [3.8, 4) is 33.8 Å². The number of halogens is 4. The van der Waals surface area contributed by atoms with E-state index in [1.54, 1.807) is 14.2 Å². The third-order valence-electron chi connectivity index (χ3n) is 3.95. The Balaban J connectivity index is 2.38. The molecular weight excluding hydrogens is 639 g/mol. The van der Waals surface area contributed by atoms with Crippen molar-refractivity contribution in [1.82, 2.24) is 0 Å². The molecule has 0 atom stereocenters. The minimum Gasteiger partial charge on any atom is -0.493 e. The van der Waals surface area contributed by atoms with E-state index in [1.807, 2.05) is 18.2 Å². The van der Waals surface area contributed by atoms with Gasteiger partial charge in [-0.15, -0.1) is 0 Å².